The van der Waals surface area contributed by atoms with Crippen LogP contribution in [0.25, 0.3) is 0 Å². The number of nitrogens with one attached hydrogen (secondary N) is 1. The first-order valence-corrected chi connectivity index (χ1v) is 8.16. The van der Waals surface area contributed by atoms with Gasteiger partial charge in [-0.2, -0.15) is 13.2 Å². The Morgan fingerprint density at radius 3 is 2.42 bits per heavy atom. The van der Waals surface area contributed by atoms with Gasteiger partial charge in [0.25, 0.3) is 0 Å². The van der Waals surface area contributed by atoms with Crippen LogP contribution in [0.3, 0.4) is 0 Å². The molecular weight excluding hydrogens is 369 g/mol. The van der Waals surface area contributed by atoms with Crippen molar-refractivity contribution in [2.45, 2.75) is 12.6 Å². The van der Waals surface area contributed by atoms with Crippen molar-refractivity contribution >= 4 is 34.8 Å². The minimum atomic E-state index is -4.58. The van der Waals surface area contributed by atoms with Crippen LogP contribution >= 0.6 is 11.6 Å². The number of para-hydroxylation sites is 1. The second-order valence-corrected chi connectivity index (χ2v) is 6.35. The molecule has 0 bridgehead atoms. The number of alkyl halides is 3. The molecule has 1 atom stereocenters. The lowest BCUT2D eigenvalue weighted by atomic mass is 10.1. The summed E-state index contributed by atoms with van der Waals surface area (Å²) in [6.07, 6.45) is -4.73. The molecule has 0 spiro atoms. The number of anilines is 2. The minimum absolute atomic E-state index is 0.106. The molecule has 1 unspecified atom stereocenters. The van der Waals surface area contributed by atoms with Gasteiger partial charge in [0.05, 0.1) is 17.2 Å². The number of benzene rings is 2. The summed E-state index contributed by atoms with van der Waals surface area (Å²) in [4.78, 5) is 25.6. The predicted molar refractivity (Wildman–Crippen MR) is 92.0 cm³/mol. The maximum atomic E-state index is 13.2. The number of nitrogens with zero attached hydrogens (tertiary/aromatic N) is 1. The smallest absolute Gasteiger partial charge is 0.326 e. The van der Waals surface area contributed by atoms with Crippen LogP contribution in [0.1, 0.15) is 12.0 Å². The van der Waals surface area contributed by atoms with E-state index in [4.69, 9.17) is 11.6 Å². The number of amides is 2. The van der Waals surface area contributed by atoms with Crippen LogP contribution in [0.5, 0.6) is 0 Å². The van der Waals surface area contributed by atoms with Gasteiger partial charge >= 0.3 is 6.18 Å². The Balaban J connectivity index is 1.77. The van der Waals surface area contributed by atoms with Gasteiger partial charge in [0.2, 0.25) is 11.8 Å². The predicted octanol–water partition coefficient (Wildman–Crippen LogP) is 4.35. The molecular formula is C18H14ClF3N2O2. The van der Waals surface area contributed by atoms with E-state index in [1.54, 1.807) is 24.3 Å². The van der Waals surface area contributed by atoms with E-state index >= 15 is 0 Å². The van der Waals surface area contributed by atoms with Crippen LogP contribution in [0.2, 0.25) is 5.02 Å². The number of hydrogen-bond acceptors (Lipinski definition) is 2. The minimum Gasteiger partial charge on any atom is -0.326 e. The number of hydrogen-bond donors (Lipinski definition) is 1. The maximum absolute atomic E-state index is 13.2. The highest BCUT2D eigenvalue weighted by Crippen LogP contribution is 2.38. The van der Waals surface area contributed by atoms with Gasteiger partial charge < -0.3 is 10.2 Å². The third kappa shape index (κ3) is 3.83. The topological polar surface area (TPSA) is 49.4 Å². The molecule has 1 N–H and O–H groups in total. The van der Waals surface area contributed by atoms with Gasteiger partial charge in [-0.3, -0.25) is 9.59 Å². The van der Waals surface area contributed by atoms with Crippen molar-refractivity contribution in [3.8, 4) is 0 Å². The fourth-order valence-electron chi connectivity index (χ4n) is 2.84. The lowest BCUT2D eigenvalue weighted by Gasteiger charge is -2.21. The van der Waals surface area contributed by atoms with E-state index in [2.05, 4.69) is 5.32 Å². The van der Waals surface area contributed by atoms with Crippen molar-refractivity contribution in [1.29, 1.82) is 0 Å². The molecule has 4 nitrogen and oxygen atoms in total. The molecule has 2 aromatic carbocycles. The highest BCUT2D eigenvalue weighted by Gasteiger charge is 2.40. The van der Waals surface area contributed by atoms with Crippen LogP contribution in [-0.4, -0.2) is 18.4 Å². The molecule has 0 aromatic heterocycles. The summed E-state index contributed by atoms with van der Waals surface area (Å²) in [7, 11) is 0. The lowest BCUT2D eigenvalue weighted by Crippen LogP contribution is -2.29. The zero-order valence-electron chi connectivity index (χ0n) is 13.4. The summed E-state index contributed by atoms with van der Waals surface area (Å²) in [6, 6.07) is 11.3. The molecule has 0 radical (unpaired) electrons. The zero-order valence-corrected chi connectivity index (χ0v) is 14.1. The van der Waals surface area contributed by atoms with E-state index in [0.29, 0.717) is 10.7 Å². The second kappa shape index (κ2) is 6.99. The van der Waals surface area contributed by atoms with Crippen LogP contribution in [0.15, 0.2) is 48.5 Å². The fraction of sp³-hybridized carbons (Fsp3) is 0.222. The molecule has 1 heterocycles. The van der Waals surface area contributed by atoms with Crippen molar-refractivity contribution in [2.75, 3.05) is 16.8 Å². The lowest BCUT2D eigenvalue weighted by molar-refractivity contribution is -0.137. The standard InChI is InChI=1S/C18H14ClF3N2O2/c19-12-5-7-13(8-6-12)23-17(26)11-9-16(25)24(10-11)15-4-2-1-3-14(15)18(20,21)22/h1-8,11H,9-10H2,(H,23,26). The molecule has 136 valence electrons. The van der Waals surface area contributed by atoms with Gasteiger partial charge in [0, 0.05) is 23.7 Å². The van der Waals surface area contributed by atoms with E-state index in [-0.39, 0.29) is 18.7 Å². The molecule has 2 amide bonds. The summed E-state index contributed by atoms with van der Waals surface area (Å²) in [6.45, 7) is -0.106. The first-order chi connectivity index (χ1) is 12.3. The molecule has 2 aromatic rings. The molecule has 1 aliphatic rings. The third-order valence-electron chi connectivity index (χ3n) is 4.11. The molecule has 1 aliphatic heterocycles. The first-order valence-electron chi connectivity index (χ1n) is 7.79. The van der Waals surface area contributed by atoms with Crippen molar-refractivity contribution in [1.82, 2.24) is 0 Å². The van der Waals surface area contributed by atoms with Crippen molar-refractivity contribution < 1.29 is 22.8 Å². The number of halogens is 4. The highest BCUT2D eigenvalue weighted by molar-refractivity contribution is 6.30. The van der Waals surface area contributed by atoms with Crippen LogP contribution in [0.4, 0.5) is 24.5 Å². The molecule has 3 rings (SSSR count). The van der Waals surface area contributed by atoms with Crippen molar-refractivity contribution in [2.24, 2.45) is 5.92 Å². The average molecular weight is 383 g/mol. The van der Waals surface area contributed by atoms with E-state index < -0.39 is 29.5 Å². The molecule has 8 heteroatoms. The Morgan fingerprint density at radius 2 is 1.77 bits per heavy atom. The Labute approximate surface area is 152 Å². The summed E-state index contributed by atoms with van der Waals surface area (Å²) < 4.78 is 39.5. The third-order valence-corrected chi connectivity index (χ3v) is 4.36. The monoisotopic (exact) mass is 382 g/mol. The van der Waals surface area contributed by atoms with Crippen LogP contribution in [-0.2, 0) is 15.8 Å². The second-order valence-electron chi connectivity index (χ2n) is 5.92. The summed E-state index contributed by atoms with van der Waals surface area (Å²) in [5.74, 6) is -1.68. The number of carbonyl (C=O) groups is 2. The van der Waals surface area contributed by atoms with E-state index in [9.17, 15) is 22.8 Å². The van der Waals surface area contributed by atoms with Gasteiger partial charge in [-0.1, -0.05) is 23.7 Å². The number of carbonyl (C=O) groups excluding carboxylic acids is 2. The Bertz CT molecular complexity index is 837. The fourth-order valence-corrected chi connectivity index (χ4v) is 2.97. The Kier molecular flexibility index (Phi) is 4.91. The average Bonchev–Trinajstić information content (AvgIpc) is 2.98. The quantitative estimate of drug-likeness (QED) is 0.858. The highest BCUT2D eigenvalue weighted by atomic mass is 35.5. The van der Waals surface area contributed by atoms with E-state index in [1.165, 1.54) is 18.2 Å². The molecule has 1 fully saturated rings. The van der Waals surface area contributed by atoms with Crippen molar-refractivity contribution in [3.63, 3.8) is 0 Å². The Morgan fingerprint density at radius 1 is 1.12 bits per heavy atom. The van der Waals surface area contributed by atoms with Gasteiger partial charge in [-0.05, 0) is 36.4 Å². The normalized spacial score (nSPS) is 17.5. The maximum Gasteiger partial charge on any atom is 0.418 e. The van der Waals surface area contributed by atoms with Gasteiger partial charge in [0.15, 0.2) is 0 Å². The zero-order chi connectivity index (χ0) is 18.9. The summed E-state index contributed by atoms with van der Waals surface area (Å²) in [5, 5.41) is 3.16. The van der Waals surface area contributed by atoms with Gasteiger partial charge in [-0.15, -0.1) is 0 Å². The van der Waals surface area contributed by atoms with E-state index in [0.717, 1.165) is 11.0 Å². The van der Waals surface area contributed by atoms with E-state index in [1.807, 2.05) is 0 Å². The summed E-state index contributed by atoms with van der Waals surface area (Å²) in [5.41, 5.74) is -0.625. The van der Waals surface area contributed by atoms with Crippen LogP contribution < -0.4 is 10.2 Å². The first kappa shape index (κ1) is 18.3. The summed E-state index contributed by atoms with van der Waals surface area (Å²) >= 11 is 5.78. The Hall–Kier alpha value is -2.54. The number of rotatable bonds is 3. The van der Waals surface area contributed by atoms with Crippen LogP contribution in [0, 0.1) is 5.92 Å². The van der Waals surface area contributed by atoms with Gasteiger partial charge in [-0.25, -0.2) is 0 Å². The van der Waals surface area contributed by atoms with Crippen molar-refractivity contribution in [3.05, 3.63) is 59.1 Å². The van der Waals surface area contributed by atoms with Gasteiger partial charge in [0.1, 0.15) is 0 Å². The molecule has 26 heavy (non-hydrogen) atoms. The molecule has 1 saturated heterocycles. The largest absolute Gasteiger partial charge is 0.418 e. The molecule has 0 aliphatic carbocycles. The SMILES string of the molecule is O=C(Nc1ccc(Cl)cc1)C1CC(=O)N(c2ccccc2C(F)(F)F)C1. The molecule has 0 saturated carbocycles.